The molecule has 0 aliphatic heterocycles. The summed E-state index contributed by atoms with van der Waals surface area (Å²) in [5, 5.41) is 3.30. The predicted molar refractivity (Wildman–Crippen MR) is 291 cm³/mol. The SMILES string of the molecule is C=C(CCC(OCCCCCCCC)C1CC1)OCC(CO[B]NCC(C)CCCC)COC(=O)CCCCCCC/C=C\C/C=C\CCCCC.CCC(C)C.CCCCCCCCC. The molecule has 1 aliphatic rings. The first-order chi connectivity index (χ1) is 32.2. The fourth-order valence-electron chi connectivity index (χ4n) is 7.34. The summed E-state index contributed by atoms with van der Waals surface area (Å²) in [5.41, 5.74) is 0. The van der Waals surface area contributed by atoms with Crippen LogP contribution in [0.4, 0.5) is 0 Å². The Morgan fingerprint density at radius 3 is 1.67 bits per heavy atom. The van der Waals surface area contributed by atoms with Crippen LogP contribution < -0.4 is 5.23 Å². The van der Waals surface area contributed by atoms with Crippen molar-refractivity contribution >= 4 is 13.6 Å². The van der Waals surface area contributed by atoms with Gasteiger partial charge in [-0.2, -0.15) is 0 Å². The molecule has 1 N–H and O–H groups in total. The second kappa shape index (κ2) is 54.4. The van der Waals surface area contributed by atoms with Crippen LogP contribution in [0.25, 0.3) is 0 Å². The highest BCUT2D eigenvalue weighted by Crippen LogP contribution is 2.37. The Hall–Kier alpha value is -1.57. The van der Waals surface area contributed by atoms with Crippen LogP contribution in [0, 0.1) is 23.7 Å². The highest BCUT2D eigenvalue weighted by Gasteiger charge is 2.31. The molecule has 389 valence electrons. The van der Waals surface area contributed by atoms with Crippen LogP contribution in [-0.2, 0) is 23.7 Å². The quantitative estimate of drug-likeness (QED) is 0.0216. The second-order valence-electron chi connectivity index (χ2n) is 20.1. The molecule has 0 amide bonds. The average molecular weight is 929 g/mol. The number of rotatable bonds is 47. The molecule has 0 aromatic heterocycles. The van der Waals surface area contributed by atoms with E-state index in [9.17, 15) is 4.79 Å². The summed E-state index contributed by atoms with van der Waals surface area (Å²) in [6.07, 6.45) is 49.8. The second-order valence-corrected chi connectivity index (χ2v) is 20.1. The molecule has 0 spiro atoms. The minimum Gasteiger partial charge on any atom is -0.498 e. The maximum Gasteiger partial charge on any atom is 0.395 e. The van der Waals surface area contributed by atoms with Crippen LogP contribution in [0.2, 0.25) is 0 Å². The van der Waals surface area contributed by atoms with E-state index in [1.54, 1.807) is 7.62 Å². The minimum absolute atomic E-state index is 0.0657. The number of carbonyl (C=O) groups excluding carboxylic acids is 1. The molecule has 6 nitrogen and oxygen atoms in total. The third-order valence-electron chi connectivity index (χ3n) is 12.6. The van der Waals surface area contributed by atoms with Crippen molar-refractivity contribution in [1.29, 1.82) is 0 Å². The summed E-state index contributed by atoms with van der Waals surface area (Å²) in [6.45, 7) is 27.3. The number of hydrogen-bond acceptors (Lipinski definition) is 6. The van der Waals surface area contributed by atoms with E-state index in [-0.39, 0.29) is 11.9 Å². The van der Waals surface area contributed by atoms with Crippen molar-refractivity contribution in [2.75, 3.05) is 33.0 Å². The number of allylic oxidation sites excluding steroid dienone is 5. The zero-order valence-corrected chi connectivity index (χ0v) is 45.9. The van der Waals surface area contributed by atoms with Crippen LogP contribution in [0.15, 0.2) is 36.6 Å². The summed E-state index contributed by atoms with van der Waals surface area (Å²) in [6, 6.07) is 0. The Morgan fingerprint density at radius 2 is 1.11 bits per heavy atom. The average Bonchev–Trinajstić information content (AvgIpc) is 4.17. The largest absolute Gasteiger partial charge is 0.498 e. The number of hydrogen-bond donors (Lipinski definition) is 1. The minimum atomic E-state index is -0.129. The highest BCUT2D eigenvalue weighted by atomic mass is 16.5. The number of carbonyl (C=O) groups is 1. The molecular weight excluding hydrogens is 813 g/mol. The van der Waals surface area contributed by atoms with Gasteiger partial charge in [0.2, 0.25) is 0 Å². The van der Waals surface area contributed by atoms with Crippen molar-refractivity contribution in [3.8, 4) is 0 Å². The normalized spacial score (nSPS) is 13.8. The van der Waals surface area contributed by atoms with Gasteiger partial charge in [0.15, 0.2) is 0 Å². The van der Waals surface area contributed by atoms with Crippen LogP contribution >= 0.6 is 0 Å². The van der Waals surface area contributed by atoms with Gasteiger partial charge < -0.3 is 24.1 Å². The van der Waals surface area contributed by atoms with Crippen molar-refractivity contribution in [3.05, 3.63) is 36.6 Å². The maximum absolute atomic E-state index is 12.6. The Kier molecular flexibility index (Phi) is 54.8. The van der Waals surface area contributed by atoms with E-state index >= 15 is 0 Å². The maximum atomic E-state index is 12.6. The van der Waals surface area contributed by atoms with Gasteiger partial charge in [0, 0.05) is 32.0 Å². The van der Waals surface area contributed by atoms with Gasteiger partial charge in [0.05, 0.1) is 25.1 Å². The first kappa shape index (κ1) is 66.5. The Balaban J connectivity index is 0. The standard InChI is InChI=1S/C45H83BNO5.C9H20.C5H12/c1-6-9-12-14-16-17-18-19-20-21-22-23-24-25-27-30-45(48)51-38-42(39-52-46-47-36-40(4)29-11-8-3)37-50-41(5)31-34-44(43-32-33-43)49-35-28-26-15-13-10-7-2;1-3-5-7-9-8-6-4-2;1-4-5(2)3/h16-17,19-20,40,42-44,47H,5-15,18,21-39H2,1-4H3;3-9H2,1-2H3;5H,4H2,1-3H3/b17-16-,20-19-;;. The lowest BCUT2D eigenvalue weighted by atomic mass is 10.0. The van der Waals surface area contributed by atoms with Gasteiger partial charge in [-0.25, -0.2) is 0 Å². The van der Waals surface area contributed by atoms with E-state index in [0.29, 0.717) is 44.2 Å². The monoisotopic (exact) mass is 929 g/mol. The molecule has 1 radical (unpaired) electrons. The Labute approximate surface area is 414 Å². The van der Waals surface area contributed by atoms with Crippen LogP contribution in [0.1, 0.15) is 274 Å². The predicted octanol–water partition coefficient (Wildman–Crippen LogP) is 18.2. The Morgan fingerprint density at radius 1 is 0.606 bits per heavy atom. The lowest BCUT2D eigenvalue weighted by Crippen LogP contribution is -2.31. The molecule has 0 heterocycles. The summed E-state index contributed by atoms with van der Waals surface area (Å²) in [4.78, 5) is 12.6. The number of ether oxygens (including phenoxy) is 3. The topological polar surface area (TPSA) is 66.0 Å². The molecule has 0 aromatic rings. The van der Waals surface area contributed by atoms with Gasteiger partial charge in [-0.3, -0.25) is 4.79 Å². The van der Waals surface area contributed by atoms with Crippen molar-refractivity contribution in [2.24, 2.45) is 23.7 Å². The van der Waals surface area contributed by atoms with Gasteiger partial charge in [-0.05, 0) is 94.9 Å². The molecule has 7 heteroatoms. The molecule has 3 unspecified atom stereocenters. The zero-order valence-electron chi connectivity index (χ0n) is 45.9. The molecule has 0 bridgehead atoms. The van der Waals surface area contributed by atoms with Crippen molar-refractivity contribution in [2.45, 2.75) is 280 Å². The van der Waals surface area contributed by atoms with E-state index in [0.717, 1.165) is 76.2 Å². The first-order valence-corrected chi connectivity index (χ1v) is 28.7. The first-order valence-electron chi connectivity index (χ1n) is 28.7. The smallest absolute Gasteiger partial charge is 0.395 e. The summed E-state index contributed by atoms with van der Waals surface area (Å²) >= 11 is 0. The summed E-state index contributed by atoms with van der Waals surface area (Å²) < 4.78 is 24.0. The van der Waals surface area contributed by atoms with Crippen molar-refractivity contribution < 1.29 is 23.7 Å². The molecule has 1 saturated carbocycles. The molecule has 1 aliphatic carbocycles. The number of unbranched alkanes of at least 4 members (excludes halogenated alkanes) is 20. The molecular formula is C59H115BNO5. The molecule has 0 aromatic carbocycles. The Bertz CT molecular complexity index is 1040. The third-order valence-corrected chi connectivity index (χ3v) is 12.6. The summed E-state index contributed by atoms with van der Waals surface area (Å²) in [7, 11) is 1.69. The van der Waals surface area contributed by atoms with E-state index in [4.69, 9.17) is 18.9 Å². The number of esters is 1. The number of nitrogens with one attached hydrogen (secondary N) is 1. The summed E-state index contributed by atoms with van der Waals surface area (Å²) in [5.74, 6) is 2.77. The van der Waals surface area contributed by atoms with Crippen LogP contribution in [0.3, 0.4) is 0 Å². The molecule has 1 rings (SSSR count). The molecule has 66 heavy (non-hydrogen) atoms. The van der Waals surface area contributed by atoms with Crippen LogP contribution in [-0.4, -0.2) is 52.7 Å². The van der Waals surface area contributed by atoms with E-state index in [1.165, 1.54) is 154 Å². The van der Waals surface area contributed by atoms with Gasteiger partial charge in [0.25, 0.3) is 0 Å². The third kappa shape index (κ3) is 53.4. The fraction of sp³-hybridized carbons (Fsp3) is 0.881. The van der Waals surface area contributed by atoms with Crippen molar-refractivity contribution in [1.82, 2.24) is 5.23 Å². The molecule has 3 atom stereocenters. The van der Waals surface area contributed by atoms with E-state index in [1.807, 2.05) is 0 Å². The van der Waals surface area contributed by atoms with Gasteiger partial charge in [-0.1, -0.05) is 222 Å². The van der Waals surface area contributed by atoms with E-state index < -0.39 is 0 Å². The molecule has 0 saturated heterocycles. The molecule has 1 fully saturated rings. The lowest BCUT2D eigenvalue weighted by molar-refractivity contribution is -0.146. The van der Waals surface area contributed by atoms with Gasteiger partial charge >= 0.3 is 13.6 Å². The van der Waals surface area contributed by atoms with Crippen molar-refractivity contribution in [3.63, 3.8) is 0 Å². The van der Waals surface area contributed by atoms with Gasteiger partial charge in [0.1, 0.15) is 0 Å². The highest BCUT2D eigenvalue weighted by molar-refractivity contribution is 6.23. The lowest BCUT2D eigenvalue weighted by Gasteiger charge is -2.21. The van der Waals surface area contributed by atoms with E-state index in [2.05, 4.69) is 98.4 Å². The fourth-order valence-corrected chi connectivity index (χ4v) is 7.34. The van der Waals surface area contributed by atoms with Crippen LogP contribution in [0.5, 0.6) is 0 Å². The van der Waals surface area contributed by atoms with Gasteiger partial charge in [-0.15, -0.1) is 0 Å². The zero-order chi connectivity index (χ0) is 49.0.